The van der Waals surface area contributed by atoms with Gasteiger partial charge in [0.05, 0.1) is 6.20 Å². The van der Waals surface area contributed by atoms with E-state index in [1.165, 1.54) is 22.3 Å². The van der Waals surface area contributed by atoms with Crippen LogP contribution in [0.25, 0.3) is 11.1 Å². The van der Waals surface area contributed by atoms with Gasteiger partial charge in [-0.1, -0.05) is 54.1 Å². The lowest BCUT2D eigenvalue weighted by Crippen LogP contribution is -2.08. The van der Waals surface area contributed by atoms with Crippen LogP contribution in [-0.4, -0.2) is 16.7 Å². The van der Waals surface area contributed by atoms with Crippen LogP contribution in [0.2, 0.25) is 0 Å². The summed E-state index contributed by atoms with van der Waals surface area (Å²) in [5, 5.41) is 6.85. The van der Waals surface area contributed by atoms with Gasteiger partial charge >= 0.3 is 0 Å². The summed E-state index contributed by atoms with van der Waals surface area (Å²) in [6.45, 7) is 2.80. The Morgan fingerprint density at radius 3 is 2.14 bits per heavy atom. The van der Waals surface area contributed by atoms with Crippen molar-refractivity contribution in [1.82, 2.24) is 10.2 Å². The van der Waals surface area contributed by atoms with Crippen molar-refractivity contribution in [2.24, 2.45) is 5.73 Å². The highest BCUT2D eigenvalue weighted by Crippen LogP contribution is 2.29. The summed E-state index contributed by atoms with van der Waals surface area (Å²) in [6, 6.07) is 17.4. The largest absolute Gasteiger partial charge is 0.330 e. The fraction of sp³-hybridized carbons (Fsp3) is 0.211. The smallest absolute Gasteiger partial charge is 0.0565 e. The molecule has 0 bridgehead atoms. The predicted octanol–water partition coefficient (Wildman–Crippen LogP) is 3.87. The summed E-state index contributed by atoms with van der Waals surface area (Å²) in [5.74, 6) is 0.351. The number of hydrogen-bond acceptors (Lipinski definition) is 2. The number of aryl methyl sites for hydroxylation is 1. The lowest BCUT2D eigenvalue weighted by Gasteiger charge is -2.18. The lowest BCUT2D eigenvalue weighted by atomic mass is 9.87. The van der Waals surface area contributed by atoms with Crippen molar-refractivity contribution >= 4 is 0 Å². The molecule has 3 heteroatoms. The maximum atomic E-state index is 5.83. The second kappa shape index (κ2) is 6.58. The van der Waals surface area contributed by atoms with Crippen molar-refractivity contribution < 1.29 is 0 Å². The number of nitrogens with one attached hydrogen (secondary N) is 1. The molecule has 3 rings (SSSR count). The molecule has 0 radical (unpaired) electrons. The standard InChI is InChI=1S/C19H21N3/c1-14-2-4-16(5-3-14)19(10-11-20)17-8-6-15(7-9-17)18-12-21-22-13-18/h2-9,12-13,19H,10-11,20H2,1H3,(H,21,22). The molecule has 112 valence electrons. The van der Waals surface area contributed by atoms with E-state index >= 15 is 0 Å². The average Bonchev–Trinajstić information content (AvgIpc) is 3.08. The Balaban J connectivity index is 1.90. The summed E-state index contributed by atoms with van der Waals surface area (Å²) in [4.78, 5) is 0. The molecule has 1 aromatic heterocycles. The van der Waals surface area contributed by atoms with Crippen LogP contribution in [0.1, 0.15) is 29.0 Å². The molecule has 0 saturated carbocycles. The van der Waals surface area contributed by atoms with Gasteiger partial charge in [-0.2, -0.15) is 5.10 Å². The second-order valence-corrected chi connectivity index (χ2v) is 5.65. The molecule has 1 atom stereocenters. The summed E-state index contributed by atoms with van der Waals surface area (Å²) in [7, 11) is 0. The first-order valence-electron chi connectivity index (χ1n) is 7.63. The number of aromatic amines is 1. The van der Waals surface area contributed by atoms with Crippen LogP contribution in [0.5, 0.6) is 0 Å². The second-order valence-electron chi connectivity index (χ2n) is 5.65. The van der Waals surface area contributed by atoms with E-state index in [2.05, 4.69) is 65.7 Å². The molecule has 2 aromatic carbocycles. The van der Waals surface area contributed by atoms with Gasteiger partial charge in [-0.25, -0.2) is 0 Å². The van der Waals surface area contributed by atoms with Crippen molar-refractivity contribution in [3.8, 4) is 11.1 Å². The molecule has 0 fully saturated rings. The Labute approximate surface area is 131 Å². The van der Waals surface area contributed by atoms with E-state index in [1.807, 2.05) is 12.4 Å². The van der Waals surface area contributed by atoms with Gasteiger partial charge in [0, 0.05) is 17.7 Å². The zero-order valence-corrected chi connectivity index (χ0v) is 12.8. The number of nitrogens with two attached hydrogens (primary N) is 1. The normalized spacial score (nSPS) is 12.3. The predicted molar refractivity (Wildman–Crippen MR) is 90.7 cm³/mol. The highest BCUT2D eigenvalue weighted by Gasteiger charge is 2.13. The minimum absolute atomic E-state index is 0.351. The van der Waals surface area contributed by atoms with Gasteiger partial charge in [0.2, 0.25) is 0 Å². The third-order valence-electron chi connectivity index (χ3n) is 4.08. The fourth-order valence-corrected chi connectivity index (χ4v) is 2.81. The molecule has 0 spiro atoms. The van der Waals surface area contributed by atoms with Crippen molar-refractivity contribution in [3.63, 3.8) is 0 Å². The minimum Gasteiger partial charge on any atom is -0.330 e. The van der Waals surface area contributed by atoms with E-state index in [0.29, 0.717) is 12.5 Å². The van der Waals surface area contributed by atoms with Crippen LogP contribution in [0, 0.1) is 6.92 Å². The number of hydrogen-bond donors (Lipinski definition) is 2. The van der Waals surface area contributed by atoms with Crippen LogP contribution in [0.4, 0.5) is 0 Å². The molecular formula is C19H21N3. The van der Waals surface area contributed by atoms with Gasteiger partial charge in [-0.3, -0.25) is 5.10 Å². The van der Waals surface area contributed by atoms with E-state index in [0.717, 1.165) is 12.0 Å². The van der Waals surface area contributed by atoms with Crippen molar-refractivity contribution in [2.75, 3.05) is 6.54 Å². The first kappa shape index (κ1) is 14.5. The molecule has 3 aromatic rings. The minimum atomic E-state index is 0.351. The van der Waals surface area contributed by atoms with E-state index < -0.39 is 0 Å². The van der Waals surface area contributed by atoms with Crippen LogP contribution < -0.4 is 5.73 Å². The molecule has 0 aliphatic carbocycles. The molecule has 3 N–H and O–H groups in total. The molecule has 22 heavy (non-hydrogen) atoms. The van der Waals surface area contributed by atoms with Gasteiger partial charge in [0.1, 0.15) is 0 Å². The molecule has 0 aliphatic heterocycles. The molecule has 1 unspecified atom stereocenters. The molecular weight excluding hydrogens is 270 g/mol. The van der Waals surface area contributed by atoms with Gasteiger partial charge in [-0.15, -0.1) is 0 Å². The summed E-state index contributed by atoms with van der Waals surface area (Å²) < 4.78 is 0. The monoisotopic (exact) mass is 291 g/mol. The Bertz CT molecular complexity index is 697. The van der Waals surface area contributed by atoms with E-state index in [9.17, 15) is 0 Å². The Kier molecular flexibility index (Phi) is 4.35. The van der Waals surface area contributed by atoms with E-state index in [1.54, 1.807) is 0 Å². The summed E-state index contributed by atoms with van der Waals surface area (Å²) in [6.07, 6.45) is 4.70. The summed E-state index contributed by atoms with van der Waals surface area (Å²) in [5.41, 5.74) is 12.0. The van der Waals surface area contributed by atoms with E-state index in [-0.39, 0.29) is 0 Å². The van der Waals surface area contributed by atoms with Gasteiger partial charge in [0.15, 0.2) is 0 Å². The number of H-pyrrole nitrogens is 1. The lowest BCUT2D eigenvalue weighted by molar-refractivity contribution is 0.726. The average molecular weight is 291 g/mol. The third kappa shape index (κ3) is 3.10. The van der Waals surface area contributed by atoms with Gasteiger partial charge < -0.3 is 5.73 Å². The summed E-state index contributed by atoms with van der Waals surface area (Å²) >= 11 is 0. The number of benzene rings is 2. The SMILES string of the molecule is Cc1ccc(C(CCN)c2ccc(-c3cn[nH]c3)cc2)cc1. The van der Waals surface area contributed by atoms with E-state index in [4.69, 9.17) is 5.73 Å². The zero-order valence-electron chi connectivity index (χ0n) is 12.8. The topological polar surface area (TPSA) is 54.7 Å². The highest BCUT2D eigenvalue weighted by molar-refractivity contribution is 5.62. The van der Waals surface area contributed by atoms with Gasteiger partial charge in [0.25, 0.3) is 0 Å². The molecule has 3 nitrogen and oxygen atoms in total. The van der Waals surface area contributed by atoms with Crippen molar-refractivity contribution in [2.45, 2.75) is 19.3 Å². The fourth-order valence-electron chi connectivity index (χ4n) is 2.81. The number of aromatic nitrogens is 2. The third-order valence-corrected chi connectivity index (χ3v) is 4.08. The first-order chi connectivity index (χ1) is 10.8. The molecule has 1 heterocycles. The zero-order chi connectivity index (χ0) is 15.4. The quantitative estimate of drug-likeness (QED) is 0.750. The number of nitrogens with zero attached hydrogens (tertiary/aromatic N) is 1. The number of rotatable bonds is 5. The van der Waals surface area contributed by atoms with Gasteiger partial charge in [-0.05, 0) is 36.6 Å². The Hall–Kier alpha value is -2.39. The Morgan fingerprint density at radius 1 is 0.955 bits per heavy atom. The van der Waals surface area contributed by atoms with Crippen LogP contribution in [0.3, 0.4) is 0 Å². The van der Waals surface area contributed by atoms with Crippen molar-refractivity contribution in [1.29, 1.82) is 0 Å². The first-order valence-corrected chi connectivity index (χ1v) is 7.63. The molecule has 0 aliphatic rings. The van der Waals surface area contributed by atoms with Crippen LogP contribution in [-0.2, 0) is 0 Å². The maximum Gasteiger partial charge on any atom is 0.0565 e. The molecule has 0 amide bonds. The highest BCUT2D eigenvalue weighted by atomic mass is 15.1. The van der Waals surface area contributed by atoms with Crippen LogP contribution >= 0.6 is 0 Å². The Morgan fingerprint density at radius 2 is 1.59 bits per heavy atom. The maximum absolute atomic E-state index is 5.83. The van der Waals surface area contributed by atoms with Crippen LogP contribution in [0.15, 0.2) is 60.9 Å². The van der Waals surface area contributed by atoms with Crippen molar-refractivity contribution in [3.05, 3.63) is 77.6 Å². The molecule has 0 saturated heterocycles.